The maximum atomic E-state index is 11.7. The monoisotopic (exact) mass is 285 g/mol. The second kappa shape index (κ2) is 5.32. The Kier molecular flexibility index (Phi) is 3.74. The first-order valence-corrected chi connectivity index (χ1v) is 5.45. The number of Topliss-reactive ketones (excluding diaryl/α,β-unsaturated/α-hetero) is 1. The third-order valence-corrected chi connectivity index (χ3v) is 2.69. The molecule has 3 unspecified atom stereocenters. The molecule has 11 nitrogen and oxygen atoms in total. The number of hydrogen-bond donors (Lipinski definition) is 4. The van der Waals surface area contributed by atoms with Crippen molar-refractivity contribution < 1.29 is 24.7 Å². The van der Waals surface area contributed by atoms with E-state index in [1.165, 1.54) is 0 Å². The molecular weight excluding hydrogens is 274 g/mol. The molecule has 5 N–H and O–H groups in total. The molecule has 0 aliphatic carbocycles. The summed E-state index contributed by atoms with van der Waals surface area (Å²) < 4.78 is 5.03. The van der Waals surface area contributed by atoms with Crippen molar-refractivity contribution in [2.24, 2.45) is 0 Å². The van der Waals surface area contributed by atoms with Gasteiger partial charge in [-0.05, 0) is 0 Å². The van der Waals surface area contributed by atoms with E-state index < -0.39 is 41.4 Å². The van der Waals surface area contributed by atoms with E-state index in [-0.39, 0.29) is 11.6 Å². The number of carbonyl (C=O) groups excluding carboxylic acids is 1. The van der Waals surface area contributed by atoms with Crippen LogP contribution in [0.15, 0.2) is 6.33 Å². The summed E-state index contributed by atoms with van der Waals surface area (Å²) in [6, 6.07) is 0. The number of nitro groups is 1. The van der Waals surface area contributed by atoms with Crippen LogP contribution >= 0.6 is 0 Å². The zero-order valence-corrected chi connectivity index (χ0v) is 9.96. The SMILES string of the molecule is Nc1ncnc(NC2OC(CO)C(O)C2=O)c1[N+](=O)[O-]. The summed E-state index contributed by atoms with van der Waals surface area (Å²) in [5.74, 6) is -1.46. The first-order chi connectivity index (χ1) is 9.45. The summed E-state index contributed by atoms with van der Waals surface area (Å²) in [6.45, 7) is -0.570. The number of carbonyl (C=O) groups is 1. The fourth-order valence-corrected chi connectivity index (χ4v) is 1.70. The molecule has 0 amide bonds. The van der Waals surface area contributed by atoms with E-state index in [9.17, 15) is 20.0 Å². The Labute approximate surface area is 111 Å². The van der Waals surface area contributed by atoms with Gasteiger partial charge in [0, 0.05) is 0 Å². The van der Waals surface area contributed by atoms with Gasteiger partial charge in [0.15, 0.2) is 6.23 Å². The molecule has 1 aliphatic rings. The van der Waals surface area contributed by atoms with Gasteiger partial charge in [-0.2, -0.15) is 0 Å². The van der Waals surface area contributed by atoms with Crippen LogP contribution in [-0.2, 0) is 9.53 Å². The molecule has 108 valence electrons. The number of rotatable bonds is 4. The Bertz CT molecular complexity index is 552. The molecule has 0 saturated carbocycles. The molecule has 2 heterocycles. The van der Waals surface area contributed by atoms with E-state index in [0.29, 0.717) is 0 Å². The van der Waals surface area contributed by atoms with Crippen molar-refractivity contribution in [2.45, 2.75) is 18.4 Å². The Balaban J connectivity index is 2.25. The number of anilines is 2. The third kappa shape index (κ3) is 2.36. The van der Waals surface area contributed by atoms with Crippen molar-refractivity contribution in [3.8, 4) is 0 Å². The van der Waals surface area contributed by atoms with Gasteiger partial charge in [-0.3, -0.25) is 14.9 Å². The molecule has 0 bridgehead atoms. The van der Waals surface area contributed by atoms with Crippen LogP contribution in [0.2, 0.25) is 0 Å². The number of aliphatic hydroxyl groups is 2. The van der Waals surface area contributed by atoms with Crippen LogP contribution in [0.5, 0.6) is 0 Å². The molecule has 1 saturated heterocycles. The molecule has 20 heavy (non-hydrogen) atoms. The molecule has 0 radical (unpaired) electrons. The van der Waals surface area contributed by atoms with Crippen LogP contribution in [0.25, 0.3) is 0 Å². The van der Waals surface area contributed by atoms with E-state index >= 15 is 0 Å². The topological polar surface area (TPSA) is 174 Å². The standard InChI is InChI=1S/C9H11N5O6/c10-7-4(14(18)19)8(12-2-11-7)13-9-6(17)5(16)3(1-15)20-9/h2-3,5,9,15-16H,1H2,(H3,10,11,12,13). The van der Waals surface area contributed by atoms with Gasteiger partial charge < -0.3 is 26.0 Å². The van der Waals surface area contributed by atoms with Crippen LogP contribution in [0.3, 0.4) is 0 Å². The minimum absolute atomic E-state index is 0.313. The van der Waals surface area contributed by atoms with Gasteiger partial charge in [0.05, 0.1) is 11.5 Å². The summed E-state index contributed by atoms with van der Waals surface area (Å²) in [6.07, 6.45) is -3.01. The van der Waals surface area contributed by atoms with Crippen LogP contribution in [0.1, 0.15) is 0 Å². The molecule has 2 rings (SSSR count). The number of hydrogen-bond acceptors (Lipinski definition) is 10. The van der Waals surface area contributed by atoms with Gasteiger partial charge in [0.2, 0.25) is 17.4 Å². The average Bonchev–Trinajstić information content (AvgIpc) is 2.66. The first kappa shape index (κ1) is 14.0. The Morgan fingerprint density at radius 2 is 2.25 bits per heavy atom. The molecule has 1 fully saturated rings. The van der Waals surface area contributed by atoms with Crippen LogP contribution in [-0.4, -0.2) is 55.9 Å². The molecule has 1 aromatic rings. The fraction of sp³-hybridized carbons (Fsp3) is 0.444. The Hall–Kier alpha value is -2.37. The molecular formula is C9H11N5O6. The van der Waals surface area contributed by atoms with Crippen molar-refractivity contribution >= 4 is 23.1 Å². The van der Waals surface area contributed by atoms with Crippen molar-refractivity contribution in [1.29, 1.82) is 0 Å². The van der Waals surface area contributed by atoms with E-state index in [1.54, 1.807) is 0 Å². The summed E-state index contributed by atoms with van der Waals surface area (Å²) >= 11 is 0. The number of ketones is 1. The lowest BCUT2D eigenvalue weighted by Gasteiger charge is -2.12. The van der Waals surface area contributed by atoms with Gasteiger partial charge in [-0.25, -0.2) is 9.97 Å². The number of nitrogens with one attached hydrogen (secondary N) is 1. The highest BCUT2D eigenvalue weighted by Crippen LogP contribution is 2.28. The second-order valence-corrected chi connectivity index (χ2v) is 3.94. The maximum absolute atomic E-state index is 11.7. The highest BCUT2D eigenvalue weighted by atomic mass is 16.6. The van der Waals surface area contributed by atoms with E-state index in [1.807, 2.05) is 0 Å². The zero-order chi connectivity index (χ0) is 14.9. The number of ether oxygens (including phenoxy) is 1. The minimum Gasteiger partial charge on any atom is -0.394 e. The summed E-state index contributed by atoms with van der Waals surface area (Å²) in [5.41, 5.74) is 4.76. The molecule has 0 aromatic carbocycles. The molecule has 3 atom stereocenters. The molecule has 0 spiro atoms. The first-order valence-electron chi connectivity index (χ1n) is 5.45. The van der Waals surface area contributed by atoms with Crippen LogP contribution < -0.4 is 11.1 Å². The van der Waals surface area contributed by atoms with Crippen LogP contribution in [0.4, 0.5) is 17.3 Å². The van der Waals surface area contributed by atoms with Crippen molar-refractivity contribution in [1.82, 2.24) is 9.97 Å². The van der Waals surface area contributed by atoms with E-state index in [0.717, 1.165) is 6.33 Å². The molecule has 11 heteroatoms. The van der Waals surface area contributed by atoms with Crippen molar-refractivity contribution in [2.75, 3.05) is 17.7 Å². The van der Waals surface area contributed by atoms with Gasteiger partial charge in [-0.1, -0.05) is 0 Å². The number of nitrogens with zero attached hydrogens (tertiary/aromatic N) is 3. The van der Waals surface area contributed by atoms with Gasteiger partial charge in [-0.15, -0.1) is 0 Å². The number of aliphatic hydroxyl groups excluding tert-OH is 2. The van der Waals surface area contributed by atoms with Crippen molar-refractivity contribution in [3.63, 3.8) is 0 Å². The molecule has 1 aliphatic heterocycles. The number of nitrogen functional groups attached to an aromatic ring is 1. The summed E-state index contributed by atoms with van der Waals surface area (Å²) in [7, 11) is 0. The van der Waals surface area contributed by atoms with Gasteiger partial charge in [0.25, 0.3) is 0 Å². The predicted molar refractivity (Wildman–Crippen MR) is 63.5 cm³/mol. The van der Waals surface area contributed by atoms with Crippen molar-refractivity contribution in [3.05, 3.63) is 16.4 Å². The number of nitrogens with two attached hydrogens (primary N) is 1. The smallest absolute Gasteiger partial charge is 0.353 e. The highest BCUT2D eigenvalue weighted by molar-refractivity contribution is 5.91. The van der Waals surface area contributed by atoms with E-state index in [4.69, 9.17) is 15.6 Å². The highest BCUT2D eigenvalue weighted by Gasteiger charge is 2.43. The fourth-order valence-electron chi connectivity index (χ4n) is 1.70. The molecule has 1 aromatic heterocycles. The average molecular weight is 285 g/mol. The zero-order valence-electron chi connectivity index (χ0n) is 9.96. The maximum Gasteiger partial charge on any atom is 0.353 e. The number of aromatic nitrogens is 2. The van der Waals surface area contributed by atoms with Gasteiger partial charge in [0.1, 0.15) is 18.5 Å². The summed E-state index contributed by atoms with van der Waals surface area (Å²) in [5, 5.41) is 31.6. The minimum atomic E-state index is -1.52. The van der Waals surface area contributed by atoms with E-state index in [2.05, 4.69) is 15.3 Å². The lowest BCUT2D eigenvalue weighted by Crippen LogP contribution is -2.32. The van der Waals surface area contributed by atoms with Gasteiger partial charge >= 0.3 is 5.69 Å². The second-order valence-electron chi connectivity index (χ2n) is 3.94. The Morgan fingerprint density at radius 3 is 2.80 bits per heavy atom. The van der Waals surface area contributed by atoms with Crippen LogP contribution in [0, 0.1) is 10.1 Å². The Morgan fingerprint density at radius 1 is 1.55 bits per heavy atom. The lowest BCUT2D eigenvalue weighted by atomic mass is 10.1. The normalized spacial score (nSPS) is 25.7. The lowest BCUT2D eigenvalue weighted by molar-refractivity contribution is -0.383. The third-order valence-electron chi connectivity index (χ3n) is 2.69. The largest absolute Gasteiger partial charge is 0.394 e. The predicted octanol–water partition coefficient (Wildman–Crippen LogP) is -1.97. The summed E-state index contributed by atoms with van der Waals surface area (Å²) in [4.78, 5) is 28.8. The quantitative estimate of drug-likeness (QED) is 0.358.